The number of nitrogens with one attached hydrogen (secondary N) is 1. The Morgan fingerprint density at radius 1 is 1.15 bits per heavy atom. The highest BCUT2D eigenvalue weighted by Gasteiger charge is 2.16. The normalized spacial score (nSPS) is 11.2. The van der Waals surface area contributed by atoms with Crippen LogP contribution in [0.4, 0.5) is 0 Å². The van der Waals surface area contributed by atoms with E-state index in [-0.39, 0.29) is 0 Å². The molecule has 1 N–H and O–H groups in total. The smallest absolute Gasteiger partial charge is 0.146 e. The first-order valence-corrected chi connectivity index (χ1v) is 8.97. The lowest BCUT2D eigenvalue weighted by atomic mass is 10.2. The van der Waals surface area contributed by atoms with E-state index in [4.69, 9.17) is 14.6 Å². The molecule has 6 nitrogen and oxygen atoms in total. The van der Waals surface area contributed by atoms with Gasteiger partial charge in [-0.3, -0.25) is 9.98 Å². The Hall–Kier alpha value is -3.28. The average Bonchev–Trinajstić information content (AvgIpc) is 3.26. The van der Waals surface area contributed by atoms with Crippen LogP contribution in [0.5, 0.6) is 5.75 Å². The van der Waals surface area contributed by atoms with Gasteiger partial charge in [0.05, 0.1) is 24.8 Å². The predicted octanol–water partition coefficient (Wildman–Crippen LogP) is 3.96. The molecule has 6 heteroatoms. The molecule has 138 valence electrons. The number of rotatable bonds is 5. The van der Waals surface area contributed by atoms with Crippen LogP contribution in [-0.4, -0.2) is 20.7 Å². The molecule has 0 spiro atoms. The molecule has 27 heavy (non-hydrogen) atoms. The summed E-state index contributed by atoms with van der Waals surface area (Å²) in [6, 6.07) is 11.5. The number of hydrogen-bond donors (Lipinski definition) is 1. The summed E-state index contributed by atoms with van der Waals surface area (Å²) in [4.78, 5) is 4.67. The molecule has 0 aliphatic rings. The Bertz CT molecular complexity index is 1140. The standard InChI is InChI=1S/C21H22N4O2/c1-4-26-17-9-7-16(8-10-17)25-13-23-21-19(20(25)22)14(2)15(3)24(21)12-18-6-5-11-27-18/h5-11,13,22H,4,12H2,1-3H3. The van der Waals surface area contributed by atoms with Crippen molar-refractivity contribution in [3.63, 3.8) is 0 Å². The van der Waals surface area contributed by atoms with E-state index in [1.807, 2.05) is 50.2 Å². The Kier molecular flexibility index (Phi) is 4.32. The number of nitrogens with zero attached hydrogens (tertiary/aromatic N) is 3. The lowest BCUT2D eigenvalue weighted by Gasteiger charge is -2.10. The molecule has 1 aromatic carbocycles. The fourth-order valence-electron chi connectivity index (χ4n) is 3.37. The van der Waals surface area contributed by atoms with E-state index in [0.29, 0.717) is 18.6 Å². The van der Waals surface area contributed by atoms with Crippen molar-refractivity contribution in [2.24, 2.45) is 0 Å². The molecular formula is C21H22N4O2. The number of benzene rings is 1. The monoisotopic (exact) mass is 362 g/mol. The van der Waals surface area contributed by atoms with Gasteiger partial charge in [0.2, 0.25) is 0 Å². The molecule has 0 fully saturated rings. The van der Waals surface area contributed by atoms with Crippen LogP contribution >= 0.6 is 0 Å². The molecule has 0 saturated heterocycles. The molecule has 0 saturated carbocycles. The first-order chi connectivity index (χ1) is 13.1. The predicted molar refractivity (Wildman–Crippen MR) is 103 cm³/mol. The fourth-order valence-corrected chi connectivity index (χ4v) is 3.37. The van der Waals surface area contributed by atoms with E-state index in [0.717, 1.165) is 39.5 Å². The van der Waals surface area contributed by atoms with Gasteiger partial charge in [-0.15, -0.1) is 0 Å². The molecule has 0 radical (unpaired) electrons. The Labute approximate surface area is 157 Å². The Morgan fingerprint density at radius 2 is 1.93 bits per heavy atom. The first-order valence-electron chi connectivity index (χ1n) is 8.97. The van der Waals surface area contributed by atoms with Gasteiger partial charge in [-0.2, -0.15) is 0 Å². The van der Waals surface area contributed by atoms with Crippen molar-refractivity contribution in [2.45, 2.75) is 27.3 Å². The van der Waals surface area contributed by atoms with Gasteiger partial charge in [0, 0.05) is 11.4 Å². The van der Waals surface area contributed by atoms with Crippen molar-refractivity contribution in [2.75, 3.05) is 6.61 Å². The van der Waals surface area contributed by atoms with Gasteiger partial charge in [-0.1, -0.05) is 0 Å². The van der Waals surface area contributed by atoms with Crippen LogP contribution in [0.15, 0.2) is 53.4 Å². The van der Waals surface area contributed by atoms with Crippen molar-refractivity contribution in [3.8, 4) is 11.4 Å². The quantitative estimate of drug-likeness (QED) is 0.584. The zero-order valence-corrected chi connectivity index (χ0v) is 15.7. The molecule has 0 aliphatic carbocycles. The van der Waals surface area contributed by atoms with E-state index in [1.165, 1.54) is 0 Å². The molecule has 4 aromatic rings. The van der Waals surface area contributed by atoms with Crippen molar-refractivity contribution >= 4 is 11.0 Å². The summed E-state index contributed by atoms with van der Waals surface area (Å²) >= 11 is 0. The highest BCUT2D eigenvalue weighted by atomic mass is 16.5. The molecule has 0 amide bonds. The van der Waals surface area contributed by atoms with Crippen LogP contribution in [0.2, 0.25) is 0 Å². The average molecular weight is 362 g/mol. The lowest BCUT2D eigenvalue weighted by molar-refractivity contribution is 0.340. The molecule has 0 unspecified atom stereocenters. The summed E-state index contributed by atoms with van der Waals surface area (Å²) in [5, 5.41) is 9.62. The van der Waals surface area contributed by atoms with E-state index in [9.17, 15) is 0 Å². The number of ether oxygens (including phenoxy) is 1. The molecule has 0 aliphatic heterocycles. The van der Waals surface area contributed by atoms with Crippen LogP contribution in [0.1, 0.15) is 23.9 Å². The van der Waals surface area contributed by atoms with Crippen molar-refractivity contribution < 1.29 is 9.15 Å². The third kappa shape index (κ3) is 2.93. The van der Waals surface area contributed by atoms with Gasteiger partial charge < -0.3 is 13.7 Å². The minimum absolute atomic E-state index is 0.419. The highest BCUT2D eigenvalue weighted by molar-refractivity contribution is 5.81. The van der Waals surface area contributed by atoms with Crippen LogP contribution in [0, 0.1) is 19.3 Å². The van der Waals surface area contributed by atoms with Gasteiger partial charge in [0.15, 0.2) is 0 Å². The second-order valence-electron chi connectivity index (χ2n) is 6.46. The van der Waals surface area contributed by atoms with Crippen LogP contribution < -0.4 is 10.2 Å². The first kappa shape index (κ1) is 17.1. The number of fused-ring (bicyclic) bond motifs is 1. The summed E-state index contributed by atoms with van der Waals surface area (Å²) in [7, 11) is 0. The maximum Gasteiger partial charge on any atom is 0.146 e. The molecule has 3 aromatic heterocycles. The molecule has 3 heterocycles. The second kappa shape index (κ2) is 6.79. The van der Waals surface area contributed by atoms with Gasteiger partial charge in [-0.05, 0) is 62.7 Å². The molecule has 0 atom stereocenters. The maximum absolute atomic E-state index is 8.77. The maximum atomic E-state index is 8.77. The Morgan fingerprint density at radius 3 is 2.59 bits per heavy atom. The van der Waals surface area contributed by atoms with E-state index in [1.54, 1.807) is 17.2 Å². The fraction of sp³-hybridized carbons (Fsp3) is 0.238. The number of hydrogen-bond acceptors (Lipinski definition) is 4. The largest absolute Gasteiger partial charge is 0.494 e. The third-order valence-electron chi connectivity index (χ3n) is 4.90. The van der Waals surface area contributed by atoms with Gasteiger partial charge in [0.1, 0.15) is 29.0 Å². The highest BCUT2D eigenvalue weighted by Crippen LogP contribution is 2.23. The van der Waals surface area contributed by atoms with Crippen LogP contribution in [0.3, 0.4) is 0 Å². The second-order valence-corrected chi connectivity index (χ2v) is 6.46. The summed E-state index contributed by atoms with van der Waals surface area (Å²) in [5.74, 6) is 1.69. The van der Waals surface area contributed by atoms with Crippen molar-refractivity contribution in [1.82, 2.24) is 14.1 Å². The number of furan rings is 1. The van der Waals surface area contributed by atoms with Gasteiger partial charge >= 0.3 is 0 Å². The zero-order chi connectivity index (χ0) is 19.0. The summed E-state index contributed by atoms with van der Waals surface area (Å²) < 4.78 is 14.9. The summed E-state index contributed by atoms with van der Waals surface area (Å²) in [6.07, 6.45) is 3.38. The van der Waals surface area contributed by atoms with Crippen molar-refractivity contribution in [3.05, 3.63) is 71.5 Å². The third-order valence-corrected chi connectivity index (χ3v) is 4.90. The SMILES string of the molecule is CCOc1ccc(-n2cnc3c(c(C)c(C)n3Cc3ccco3)c2=N)cc1. The summed E-state index contributed by atoms with van der Waals surface area (Å²) in [5.41, 5.74) is 4.26. The molecular weight excluding hydrogens is 340 g/mol. The van der Waals surface area contributed by atoms with Crippen LogP contribution in [0.25, 0.3) is 16.7 Å². The topological polar surface area (TPSA) is 69.0 Å². The van der Waals surface area contributed by atoms with E-state index >= 15 is 0 Å². The molecule has 4 rings (SSSR count). The minimum atomic E-state index is 0.419. The molecule has 0 bridgehead atoms. The Balaban J connectivity index is 1.82. The van der Waals surface area contributed by atoms with Gasteiger partial charge in [0.25, 0.3) is 0 Å². The number of aromatic nitrogens is 3. The lowest BCUT2D eigenvalue weighted by Crippen LogP contribution is -2.19. The minimum Gasteiger partial charge on any atom is -0.494 e. The number of aryl methyl sites for hydroxylation is 1. The van der Waals surface area contributed by atoms with Crippen molar-refractivity contribution in [1.29, 1.82) is 5.41 Å². The van der Waals surface area contributed by atoms with Crippen LogP contribution in [-0.2, 0) is 6.54 Å². The zero-order valence-electron chi connectivity index (χ0n) is 15.7. The van der Waals surface area contributed by atoms with E-state index < -0.39 is 0 Å². The summed E-state index contributed by atoms with van der Waals surface area (Å²) in [6.45, 7) is 7.29. The van der Waals surface area contributed by atoms with Gasteiger partial charge in [-0.25, -0.2) is 4.98 Å². The van der Waals surface area contributed by atoms with E-state index in [2.05, 4.69) is 16.5 Å².